The minimum atomic E-state index is -1.18. The molecule has 8 nitrogen and oxygen atoms in total. The number of aromatic carboxylic acids is 1. The molecule has 0 spiro atoms. The molecular formula is C15H18N4O4. The number of aromatic nitrogens is 3. The average molecular weight is 318 g/mol. The van der Waals surface area contributed by atoms with E-state index in [9.17, 15) is 9.59 Å². The molecule has 0 unspecified atom stereocenters. The van der Waals surface area contributed by atoms with E-state index < -0.39 is 5.97 Å². The van der Waals surface area contributed by atoms with E-state index in [1.807, 2.05) is 31.2 Å². The Balaban J connectivity index is 1.90. The minimum Gasteiger partial charge on any atom is -0.476 e. The number of nitrogens with zero attached hydrogens (tertiary/aromatic N) is 3. The zero-order valence-electron chi connectivity index (χ0n) is 12.7. The Bertz CT molecular complexity index is 684. The fourth-order valence-electron chi connectivity index (χ4n) is 1.95. The Kier molecular flexibility index (Phi) is 5.81. The molecule has 0 aliphatic rings. The summed E-state index contributed by atoms with van der Waals surface area (Å²) in [6, 6.07) is 7.69. The average Bonchev–Trinajstić information content (AvgIpc) is 3.00. The normalized spacial score (nSPS) is 10.5. The lowest BCUT2D eigenvalue weighted by molar-refractivity contribution is -0.122. The van der Waals surface area contributed by atoms with Crippen LogP contribution in [0.25, 0.3) is 0 Å². The number of hydrogen-bond donors (Lipinski definition) is 2. The number of benzene rings is 1. The molecule has 1 aromatic carbocycles. The lowest BCUT2D eigenvalue weighted by atomic mass is 10.1. The molecule has 122 valence electrons. The smallest absolute Gasteiger partial charge is 0.358 e. The third-order valence-corrected chi connectivity index (χ3v) is 3.12. The van der Waals surface area contributed by atoms with Crippen molar-refractivity contribution in [3.63, 3.8) is 0 Å². The van der Waals surface area contributed by atoms with Gasteiger partial charge in [-0.15, -0.1) is 5.10 Å². The third-order valence-electron chi connectivity index (χ3n) is 3.12. The molecule has 2 N–H and O–H groups in total. The van der Waals surface area contributed by atoms with Gasteiger partial charge in [0.05, 0.1) is 12.8 Å². The Morgan fingerprint density at radius 2 is 2.04 bits per heavy atom. The lowest BCUT2D eigenvalue weighted by Crippen LogP contribution is -2.27. The highest BCUT2D eigenvalue weighted by molar-refractivity contribution is 5.84. The number of carboxylic acids is 1. The van der Waals surface area contributed by atoms with Crippen LogP contribution in [0.3, 0.4) is 0 Å². The molecule has 1 aromatic heterocycles. The summed E-state index contributed by atoms with van der Waals surface area (Å²) in [4.78, 5) is 22.6. The van der Waals surface area contributed by atoms with Gasteiger partial charge in [0.2, 0.25) is 5.91 Å². The molecule has 0 saturated heterocycles. The summed E-state index contributed by atoms with van der Waals surface area (Å²) in [6.07, 6.45) is 1.21. The summed E-state index contributed by atoms with van der Waals surface area (Å²) in [5.74, 6) is -1.46. The van der Waals surface area contributed by atoms with Crippen LogP contribution in [0.4, 0.5) is 0 Å². The molecular weight excluding hydrogens is 300 g/mol. The Morgan fingerprint density at radius 1 is 1.30 bits per heavy atom. The topological polar surface area (TPSA) is 106 Å². The monoisotopic (exact) mass is 318 g/mol. The van der Waals surface area contributed by atoms with Crippen molar-refractivity contribution < 1.29 is 19.4 Å². The predicted molar refractivity (Wildman–Crippen MR) is 80.6 cm³/mol. The van der Waals surface area contributed by atoms with E-state index in [0.717, 1.165) is 11.1 Å². The van der Waals surface area contributed by atoms with Crippen LogP contribution in [0.1, 0.15) is 28.5 Å². The molecule has 2 aromatic rings. The molecule has 0 fully saturated rings. The first kappa shape index (κ1) is 16.6. The molecule has 0 atom stereocenters. The largest absolute Gasteiger partial charge is 0.476 e. The van der Waals surface area contributed by atoms with Gasteiger partial charge in [0.1, 0.15) is 6.54 Å². The second-order valence-corrected chi connectivity index (χ2v) is 4.79. The second kappa shape index (κ2) is 8.04. The van der Waals surface area contributed by atoms with E-state index in [1.54, 1.807) is 0 Å². The maximum absolute atomic E-state index is 11.9. The lowest BCUT2D eigenvalue weighted by Gasteiger charge is -2.10. The van der Waals surface area contributed by atoms with Gasteiger partial charge in [0, 0.05) is 13.2 Å². The quantitative estimate of drug-likeness (QED) is 0.746. The fraction of sp³-hybridized carbons (Fsp3) is 0.333. The Hall–Kier alpha value is -2.74. The Morgan fingerprint density at radius 3 is 2.70 bits per heavy atom. The van der Waals surface area contributed by atoms with Crippen molar-refractivity contribution in [2.75, 3.05) is 6.61 Å². The first-order valence-electron chi connectivity index (χ1n) is 7.14. The summed E-state index contributed by atoms with van der Waals surface area (Å²) in [6.45, 7) is 3.32. The highest BCUT2D eigenvalue weighted by atomic mass is 16.5. The van der Waals surface area contributed by atoms with Crippen molar-refractivity contribution in [2.24, 2.45) is 0 Å². The molecule has 0 radical (unpaired) electrons. The molecule has 1 amide bonds. The fourth-order valence-corrected chi connectivity index (χ4v) is 1.95. The van der Waals surface area contributed by atoms with E-state index in [2.05, 4.69) is 15.6 Å². The maximum Gasteiger partial charge on any atom is 0.358 e. The van der Waals surface area contributed by atoms with Crippen LogP contribution in [0, 0.1) is 0 Å². The standard InChI is InChI=1S/C15H18N4O4/c1-2-23-10-12-6-4-3-5-11(12)7-16-14(20)9-19-8-13(15(21)22)17-18-19/h3-6,8H,2,7,9-10H2,1H3,(H,16,20)(H,21,22). The van der Waals surface area contributed by atoms with Crippen LogP contribution in [0.2, 0.25) is 0 Å². The summed E-state index contributed by atoms with van der Waals surface area (Å²) in [5.41, 5.74) is 1.79. The highest BCUT2D eigenvalue weighted by Crippen LogP contribution is 2.10. The number of amides is 1. The molecule has 0 aliphatic carbocycles. The summed E-state index contributed by atoms with van der Waals surface area (Å²) in [5, 5.41) is 18.6. The van der Waals surface area contributed by atoms with Crippen LogP contribution in [0.5, 0.6) is 0 Å². The van der Waals surface area contributed by atoms with E-state index in [1.165, 1.54) is 10.9 Å². The van der Waals surface area contributed by atoms with Crippen molar-refractivity contribution in [2.45, 2.75) is 26.6 Å². The second-order valence-electron chi connectivity index (χ2n) is 4.79. The molecule has 0 aliphatic heterocycles. The molecule has 2 rings (SSSR count). The molecule has 0 bridgehead atoms. The summed E-state index contributed by atoms with van der Waals surface area (Å²) < 4.78 is 6.58. The number of hydrogen-bond acceptors (Lipinski definition) is 5. The van der Waals surface area contributed by atoms with Crippen molar-refractivity contribution in [3.8, 4) is 0 Å². The number of carbonyl (C=O) groups excluding carboxylic acids is 1. The number of rotatable bonds is 8. The van der Waals surface area contributed by atoms with E-state index in [4.69, 9.17) is 9.84 Å². The Labute approximate surface area is 133 Å². The van der Waals surface area contributed by atoms with Gasteiger partial charge < -0.3 is 15.2 Å². The zero-order valence-corrected chi connectivity index (χ0v) is 12.7. The number of nitrogens with one attached hydrogen (secondary N) is 1. The van der Waals surface area contributed by atoms with Gasteiger partial charge >= 0.3 is 5.97 Å². The van der Waals surface area contributed by atoms with Crippen molar-refractivity contribution in [1.29, 1.82) is 0 Å². The van der Waals surface area contributed by atoms with E-state index in [0.29, 0.717) is 19.8 Å². The van der Waals surface area contributed by atoms with E-state index >= 15 is 0 Å². The SMILES string of the molecule is CCOCc1ccccc1CNC(=O)Cn1cc(C(=O)O)nn1. The van der Waals surface area contributed by atoms with E-state index in [-0.39, 0.29) is 18.1 Å². The van der Waals surface area contributed by atoms with Gasteiger partial charge in [0.15, 0.2) is 5.69 Å². The van der Waals surface area contributed by atoms with Crippen molar-refractivity contribution >= 4 is 11.9 Å². The molecule has 0 saturated carbocycles. The maximum atomic E-state index is 11.9. The van der Waals surface area contributed by atoms with Crippen LogP contribution in [0.15, 0.2) is 30.5 Å². The number of carbonyl (C=O) groups is 2. The molecule has 23 heavy (non-hydrogen) atoms. The summed E-state index contributed by atoms with van der Waals surface area (Å²) >= 11 is 0. The summed E-state index contributed by atoms with van der Waals surface area (Å²) in [7, 11) is 0. The van der Waals surface area contributed by atoms with Gasteiger partial charge in [-0.05, 0) is 18.1 Å². The van der Waals surface area contributed by atoms with Crippen LogP contribution < -0.4 is 5.32 Å². The zero-order chi connectivity index (χ0) is 16.7. The minimum absolute atomic E-state index is 0.0894. The van der Waals surface area contributed by atoms with Crippen LogP contribution >= 0.6 is 0 Å². The first-order chi connectivity index (χ1) is 11.1. The number of carboxylic acid groups (broad SMARTS) is 1. The predicted octanol–water partition coefficient (Wildman–Crippen LogP) is 0.829. The van der Waals surface area contributed by atoms with Gasteiger partial charge in [-0.1, -0.05) is 29.5 Å². The first-order valence-corrected chi connectivity index (χ1v) is 7.14. The van der Waals surface area contributed by atoms with Crippen LogP contribution in [-0.4, -0.2) is 38.6 Å². The van der Waals surface area contributed by atoms with Crippen LogP contribution in [-0.2, 0) is 29.2 Å². The van der Waals surface area contributed by atoms with Gasteiger partial charge in [-0.3, -0.25) is 4.79 Å². The van der Waals surface area contributed by atoms with Gasteiger partial charge in [-0.25, -0.2) is 9.48 Å². The van der Waals surface area contributed by atoms with Gasteiger partial charge in [-0.2, -0.15) is 0 Å². The highest BCUT2D eigenvalue weighted by Gasteiger charge is 2.11. The van der Waals surface area contributed by atoms with Gasteiger partial charge in [0.25, 0.3) is 0 Å². The number of ether oxygens (including phenoxy) is 1. The van der Waals surface area contributed by atoms with Crippen molar-refractivity contribution in [3.05, 3.63) is 47.3 Å². The molecule has 1 heterocycles. The molecule has 8 heteroatoms. The third kappa shape index (κ3) is 4.89. The van der Waals surface area contributed by atoms with Crippen molar-refractivity contribution in [1.82, 2.24) is 20.3 Å².